The maximum absolute atomic E-state index is 13.6. The van der Waals surface area contributed by atoms with Crippen LogP contribution in [0.15, 0.2) is 51.8 Å². The number of nitrogens with two attached hydrogens (primary N) is 1. The molecule has 0 saturated carbocycles. The van der Waals surface area contributed by atoms with Gasteiger partial charge < -0.3 is 30.7 Å². The number of hydrogen-bond donors (Lipinski definition) is 5. The molecule has 0 fully saturated rings. The number of rotatable bonds is 3. The summed E-state index contributed by atoms with van der Waals surface area (Å²) in [5.74, 6) is -6.83. The molecule has 1 heterocycles. The number of aromatic nitrogens is 1. The van der Waals surface area contributed by atoms with E-state index in [1.807, 2.05) is 0 Å². The first-order valence-corrected chi connectivity index (χ1v) is 10.9. The average Bonchev–Trinajstić information content (AvgIpc) is 3.30. The van der Waals surface area contributed by atoms with Crippen LogP contribution in [0.4, 0.5) is 0 Å². The van der Waals surface area contributed by atoms with Crippen LogP contribution in [-0.2, 0) is 16.0 Å². The van der Waals surface area contributed by atoms with E-state index >= 15 is 0 Å². The Hall–Kier alpha value is -3.96. The maximum atomic E-state index is 13.6. The fourth-order valence-corrected chi connectivity index (χ4v) is 5.86. The van der Waals surface area contributed by atoms with Gasteiger partial charge in [0.2, 0.25) is 5.78 Å². The summed E-state index contributed by atoms with van der Waals surface area (Å²) in [7, 11) is 3.16. The lowest BCUT2D eigenvalue weighted by Gasteiger charge is -2.50. The molecule has 5 rings (SSSR count). The number of aromatic hydroxyl groups is 1. The minimum absolute atomic E-state index is 0.0183. The summed E-state index contributed by atoms with van der Waals surface area (Å²) >= 11 is 0. The van der Waals surface area contributed by atoms with E-state index in [4.69, 9.17) is 10.3 Å². The van der Waals surface area contributed by atoms with Gasteiger partial charge in [0, 0.05) is 17.1 Å². The zero-order valence-electron chi connectivity index (χ0n) is 18.8. The number of phenols is 1. The van der Waals surface area contributed by atoms with Crippen molar-refractivity contribution in [2.24, 2.45) is 17.6 Å². The van der Waals surface area contributed by atoms with Crippen LogP contribution in [0.5, 0.6) is 5.75 Å². The molecule has 11 heteroatoms. The summed E-state index contributed by atoms with van der Waals surface area (Å²) in [6.07, 6.45) is 3.07. The average molecular weight is 481 g/mol. The number of carbonyl (C=O) groups is 3. The third-order valence-corrected chi connectivity index (χ3v) is 7.35. The number of nitrogens with zero attached hydrogens (tertiary/aromatic N) is 2. The molecule has 2 aromatic rings. The van der Waals surface area contributed by atoms with Gasteiger partial charge in [-0.25, -0.2) is 0 Å². The largest absolute Gasteiger partial charge is 0.510 e. The van der Waals surface area contributed by atoms with E-state index in [9.17, 15) is 34.8 Å². The molecular weight excluding hydrogens is 458 g/mol. The van der Waals surface area contributed by atoms with E-state index in [2.05, 4.69) is 5.16 Å². The van der Waals surface area contributed by atoms with Gasteiger partial charge in [-0.3, -0.25) is 19.3 Å². The van der Waals surface area contributed by atoms with E-state index in [0.717, 1.165) is 0 Å². The minimum Gasteiger partial charge on any atom is -0.510 e. The van der Waals surface area contributed by atoms with Crippen molar-refractivity contribution in [3.8, 4) is 16.9 Å². The highest BCUT2D eigenvalue weighted by molar-refractivity contribution is 6.24. The second kappa shape index (κ2) is 7.52. The zero-order valence-corrected chi connectivity index (χ0v) is 18.8. The molecule has 182 valence electrons. The summed E-state index contributed by atoms with van der Waals surface area (Å²) in [6.45, 7) is 0. The molecule has 0 saturated heterocycles. The quantitative estimate of drug-likeness (QED) is 0.392. The molecule has 1 amide bonds. The van der Waals surface area contributed by atoms with Crippen LogP contribution in [0.25, 0.3) is 11.1 Å². The van der Waals surface area contributed by atoms with Crippen molar-refractivity contribution in [2.45, 2.75) is 24.5 Å². The molecule has 6 N–H and O–H groups in total. The van der Waals surface area contributed by atoms with Crippen LogP contribution in [-0.4, -0.2) is 73.7 Å². The molecule has 0 radical (unpaired) electrons. The van der Waals surface area contributed by atoms with Gasteiger partial charge in [-0.05, 0) is 50.0 Å². The van der Waals surface area contributed by atoms with E-state index < -0.39 is 58.0 Å². The number of fused-ring (bicyclic) bond motifs is 3. The van der Waals surface area contributed by atoms with Gasteiger partial charge >= 0.3 is 0 Å². The standard InChI is InChI=1S/C24H23N3O8/c1-27(2)18-13-6-9-5-12-11(10-7-26-35-8-10)3-4-14(28)16(12)19(29)15(9)21(31)24(13,34)22(32)17(20(18)30)23(25)33/h3-4,7-9,13,18,28,30-31,34H,5-6H2,1-2H3,(H2,25,33)/t9-,13-,18-,24-/m0/s1. The lowest BCUT2D eigenvalue weighted by atomic mass is 9.58. The Morgan fingerprint density at radius 2 is 1.94 bits per heavy atom. The van der Waals surface area contributed by atoms with Gasteiger partial charge in [0.1, 0.15) is 29.1 Å². The van der Waals surface area contributed by atoms with Crippen molar-refractivity contribution in [1.29, 1.82) is 0 Å². The second-order valence-corrected chi connectivity index (χ2v) is 9.36. The normalized spacial score (nSPS) is 28.2. The number of ketones is 2. The lowest BCUT2D eigenvalue weighted by Crippen LogP contribution is -2.63. The Morgan fingerprint density at radius 3 is 2.54 bits per heavy atom. The Bertz CT molecular complexity index is 1360. The Kier molecular flexibility index (Phi) is 4.90. The molecule has 4 atom stereocenters. The molecule has 3 aliphatic carbocycles. The van der Waals surface area contributed by atoms with Crippen molar-refractivity contribution < 1.29 is 39.3 Å². The summed E-state index contributed by atoms with van der Waals surface area (Å²) in [4.78, 5) is 40.4. The van der Waals surface area contributed by atoms with Crippen LogP contribution in [0.3, 0.4) is 0 Å². The predicted molar refractivity (Wildman–Crippen MR) is 119 cm³/mol. The van der Waals surface area contributed by atoms with Crippen molar-refractivity contribution in [3.63, 3.8) is 0 Å². The number of aliphatic hydroxyl groups excluding tert-OH is 2. The second-order valence-electron chi connectivity index (χ2n) is 9.36. The smallest absolute Gasteiger partial charge is 0.255 e. The van der Waals surface area contributed by atoms with Crippen molar-refractivity contribution in [1.82, 2.24) is 10.1 Å². The first-order chi connectivity index (χ1) is 16.5. The SMILES string of the molecule is CN(C)[C@@H]1C(O)=C(C(N)=O)C(=O)[C@@]2(O)C(O)=C3C(=O)c4c(O)ccc(-c5cnoc5)c4C[C@H]3C[C@@H]12. The van der Waals surface area contributed by atoms with Crippen LogP contribution in [0.2, 0.25) is 0 Å². The van der Waals surface area contributed by atoms with Crippen LogP contribution < -0.4 is 5.73 Å². The molecule has 1 aromatic carbocycles. The Balaban J connectivity index is 1.74. The van der Waals surface area contributed by atoms with Crippen LogP contribution >= 0.6 is 0 Å². The number of amides is 1. The van der Waals surface area contributed by atoms with Crippen LogP contribution in [0, 0.1) is 11.8 Å². The topological polar surface area (TPSA) is 187 Å². The van der Waals surface area contributed by atoms with Crippen molar-refractivity contribution >= 4 is 17.5 Å². The molecule has 35 heavy (non-hydrogen) atoms. The first kappa shape index (κ1) is 22.8. The highest BCUT2D eigenvalue weighted by Gasteiger charge is 2.63. The van der Waals surface area contributed by atoms with Crippen molar-refractivity contribution in [3.05, 3.63) is 58.4 Å². The summed E-state index contributed by atoms with van der Waals surface area (Å²) in [5, 5.41) is 47.9. The number of carbonyl (C=O) groups excluding carboxylic acids is 3. The van der Waals surface area contributed by atoms with Gasteiger partial charge in [-0.1, -0.05) is 11.2 Å². The molecule has 1 aromatic heterocycles. The van der Waals surface area contributed by atoms with Gasteiger partial charge in [0.05, 0.1) is 17.8 Å². The highest BCUT2D eigenvalue weighted by Crippen LogP contribution is 2.53. The van der Waals surface area contributed by atoms with Gasteiger partial charge in [-0.15, -0.1) is 0 Å². The van der Waals surface area contributed by atoms with Crippen LogP contribution in [0.1, 0.15) is 22.3 Å². The Morgan fingerprint density at radius 1 is 1.23 bits per heavy atom. The van der Waals surface area contributed by atoms with Gasteiger partial charge in [0.25, 0.3) is 5.91 Å². The summed E-state index contributed by atoms with van der Waals surface area (Å²) in [6, 6.07) is 1.92. The van der Waals surface area contributed by atoms with E-state index in [1.165, 1.54) is 23.4 Å². The number of likely N-dealkylation sites (N-methyl/N-ethyl adjacent to an activating group) is 1. The number of phenolic OH excluding ortho intramolecular Hbond substituents is 1. The number of Topliss-reactive ketones (excluding diaryl/α,β-unsaturated/α-hetero) is 2. The molecule has 3 aliphatic rings. The monoisotopic (exact) mass is 481 g/mol. The molecule has 11 nitrogen and oxygen atoms in total. The summed E-state index contributed by atoms with van der Waals surface area (Å²) in [5.41, 5.74) is 3.25. The van der Waals surface area contributed by atoms with Gasteiger partial charge in [0.15, 0.2) is 11.4 Å². The van der Waals surface area contributed by atoms with E-state index in [-0.39, 0.29) is 29.7 Å². The predicted octanol–water partition coefficient (Wildman–Crippen LogP) is 0.776. The first-order valence-electron chi connectivity index (χ1n) is 10.9. The third kappa shape index (κ3) is 2.91. The number of benzene rings is 1. The van der Waals surface area contributed by atoms with Gasteiger partial charge in [-0.2, -0.15) is 0 Å². The molecule has 0 unspecified atom stereocenters. The zero-order chi connectivity index (χ0) is 25.4. The highest BCUT2D eigenvalue weighted by atomic mass is 16.5. The lowest BCUT2D eigenvalue weighted by molar-refractivity contribution is -0.148. The van der Waals surface area contributed by atoms with E-state index in [0.29, 0.717) is 16.7 Å². The maximum Gasteiger partial charge on any atom is 0.255 e. The number of primary amides is 1. The molecule has 0 spiro atoms. The number of allylic oxidation sites excluding steroid dienone is 1. The van der Waals surface area contributed by atoms with Crippen molar-refractivity contribution in [2.75, 3.05) is 14.1 Å². The molecular formula is C24H23N3O8. The minimum atomic E-state index is -2.66. The molecule has 0 aliphatic heterocycles. The fraction of sp³-hybridized carbons (Fsp3) is 0.333. The Labute approximate surface area is 198 Å². The number of hydrogen-bond acceptors (Lipinski definition) is 10. The van der Waals surface area contributed by atoms with E-state index in [1.54, 1.807) is 20.2 Å². The summed E-state index contributed by atoms with van der Waals surface area (Å²) < 4.78 is 4.92. The number of aliphatic hydroxyl groups is 3. The third-order valence-electron chi connectivity index (χ3n) is 7.35. The fourth-order valence-electron chi connectivity index (χ4n) is 5.86. The molecule has 0 bridgehead atoms.